The lowest BCUT2D eigenvalue weighted by atomic mass is 10.1. The fourth-order valence-corrected chi connectivity index (χ4v) is 2.33. The number of carbonyl (C=O) groups is 1. The molecule has 0 aliphatic carbocycles. The SMILES string of the molecule is O=C(C=Cc1ccc2c(c1)OCO2)c1cccc(Br)c1. The smallest absolute Gasteiger partial charge is 0.231 e. The highest BCUT2D eigenvalue weighted by Crippen LogP contribution is 2.32. The van der Waals surface area contributed by atoms with E-state index in [1.807, 2.05) is 30.3 Å². The van der Waals surface area contributed by atoms with Crippen LogP contribution in [-0.2, 0) is 0 Å². The zero-order valence-corrected chi connectivity index (χ0v) is 12.1. The van der Waals surface area contributed by atoms with Gasteiger partial charge in [-0.15, -0.1) is 0 Å². The van der Waals surface area contributed by atoms with Crippen molar-refractivity contribution in [3.63, 3.8) is 0 Å². The first-order chi connectivity index (χ1) is 9.72. The van der Waals surface area contributed by atoms with Gasteiger partial charge in [0, 0.05) is 10.0 Å². The number of rotatable bonds is 3. The molecule has 0 radical (unpaired) electrons. The maximum atomic E-state index is 12.0. The molecule has 2 aromatic carbocycles. The van der Waals surface area contributed by atoms with Gasteiger partial charge in [-0.25, -0.2) is 0 Å². The Morgan fingerprint density at radius 2 is 1.95 bits per heavy atom. The first kappa shape index (κ1) is 12.9. The summed E-state index contributed by atoms with van der Waals surface area (Å²) >= 11 is 3.35. The molecule has 0 N–H and O–H groups in total. The first-order valence-corrected chi connectivity index (χ1v) is 6.89. The summed E-state index contributed by atoms with van der Waals surface area (Å²) in [6.07, 6.45) is 3.32. The Hall–Kier alpha value is -2.07. The Labute approximate surface area is 125 Å². The summed E-state index contributed by atoms with van der Waals surface area (Å²) in [4.78, 5) is 12.0. The van der Waals surface area contributed by atoms with Crippen molar-refractivity contribution in [3.8, 4) is 11.5 Å². The van der Waals surface area contributed by atoms with Gasteiger partial charge in [0.2, 0.25) is 6.79 Å². The molecule has 3 nitrogen and oxygen atoms in total. The zero-order chi connectivity index (χ0) is 13.9. The average molecular weight is 331 g/mol. The number of carbonyl (C=O) groups excluding carboxylic acids is 1. The molecule has 1 aliphatic heterocycles. The second-order valence-corrected chi connectivity index (χ2v) is 5.24. The first-order valence-electron chi connectivity index (χ1n) is 6.10. The predicted molar refractivity (Wildman–Crippen MR) is 80.1 cm³/mol. The van der Waals surface area contributed by atoms with Crippen molar-refractivity contribution in [1.29, 1.82) is 0 Å². The highest BCUT2D eigenvalue weighted by atomic mass is 79.9. The summed E-state index contributed by atoms with van der Waals surface area (Å²) in [5, 5.41) is 0. The van der Waals surface area contributed by atoms with Crippen LogP contribution >= 0.6 is 15.9 Å². The van der Waals surface area contributed by atoms with E-state index in [1.165, 1.54) is 0 Å². The lowest BCUT2D eigenvalue weighted by Crippen LogP contribution is -1.93. The number of halogens is 1. The van der Waals surface area contributed by atoms with E-state index in [2.05, 4.69) is 15.9 Å². The summed E-state index contributed by atoms with van der Waals surface area (Å²) in [5.41, 5.74) is 1.55. The summed E-state index contributed by atoms with van der Waals surface area (Å²) in [7, 11) is 0. The Morgan fingerprint density at radius 3 is 2.80 bits per heavy atom. The topological polar surface area (TPSA) is 35.5 Å². The van der Waals surface area contributed by atoms with Gasteiger partial charge in [-0.3, -0.25) is 4.79 Å². The molecule has 3 rings (SSSR count). The minimum atomic E-state index is -0.0380. The molecule has 100 valence electrons. The average Bonchev–Trinajstić information content (AvgIpc) is 2.92. The second kappa shape index (κ2) is 5.51. The van der Waals surface area contributed by atoms with Crippen LogP contribution in [0, 0.1) is 0 Å². The normalized spacial score (nSPS) is 12.8. The summed E-state index contributed by atoms with van der Waals surface area (Å²) in [6, 6.07) is 12.9. The maximum absolute atomic E-state index is 12.0. The molecule has 2 aromatic rings. The number of hydrogen-bond donors (Lipinski definition) is 0. The molecule has 0 spiro atoms. The van der Waals surface area contributed by atoms with Crippen LogP contribution in [0.25, 0.3) is 6.08 Å². The molecule has 0 aromatic heterocycles. The molecule has 20 heavy (non-hydrogen) atoms. The second-order valence-electron chi connectivity index (χ2n) is 4.32. The standard InChI is InChI=1S/C16H11BrO3/c17-13-3-1-2-12(9-13)14(18)6-4-11-5-7-15-16(8-11)20-10-19-15/h1-9H,10H2. The van der Waals surface area contributed by atoms with Gasteiger partial charge in [0.05, 0.1) is 0 Å². The van der Waals surface area contributed by atoms with E-state index in [1.54, 1.807) is 24.3 Å². The van der Waals surface area contributed by atoms with E-state index in [0.29, 0.717) is 11.3 Å². The van der Waals surface area contributed by atoms with Gasteiger partial charge in [0.1, 0.15) is 0 Å². The van der Waals surface area contributed by atoms with E-state index in [4.69, 9.17) is 9.47 Å². The lowest BCUT2D eigenvalue weighted by molar-refractivity contribution is 0.104. The quantitative estimate of drug-likeness (QED) is 0.628. The molecule has 0 saturated carbocycles. The number of allylic oxidation sites excluding steroid dienone is 1. The molecular formula is C16H11BrO3. The van der Waals surface area contributed by atoms with Gasteiger partial charge in [-0.05, 0) is 35.9 Å². The molecule has 0 saturated heterocycles. The summed E-state index contributed by atoms with van der Waals surface area (Å²) in [6.45, 7) is 0.249. The van der Waals surface area contributed by atoms with Crippen molar-refractivity contribution in [3.05, 3.63) is 64.1 Å². The van der Waals surface area contributed by atoms with Gasteiger partial charge in [-0.2, -0.15) is 0 Å². The minimum Gasteiger partial charge on any atom is -0.454 e. The van der Waals surface area contributed by atoms with Crippen LogP contribution in [0.15, 0.2) is 53.0 Å². The Balaban J connectivity index is 1.78. The molecule has 1 heterocycles. The van der Waals surface area contributed by atoms with Crippen molar-refractivity contribution in [2.24, 2.45) is 0 Å². The van der Waals surface area contributed by atoms with Crippen LogP contribution in [0.4, 0.5) is 0 Å². The number of ketones is 1. The number of hydrogen-bond acceptors (Lipinski definition) is 3. The van der Waals surface area contributed by atoms with Gasteiger partial charge >= 0.3 is 0 Å². The van der Waals surface area contributed by atoms with E-state index < -0.39 is 0 Å². The third-order valence-corrected chi connectivity index (χ3v) is 3.43. The van der Waals surface area contributed by atoms with Gasteiger partial charge in [0.15, 0.2) is 17.3 Å². The van der Waals surface area contributed by atoms with Crippen molar-refractivity contribution in [2.45, 2.75) is 0 Å². The molecule has 1 aliphatic rings. The van der Waals surface area contributed by atoms with Gasteiger partial charge < -0.3 is 9.47 Å². The Bertz CT molecular complexity index is 692. The predicted octanol–water partition coefficient (Wildman–Crippen LogP) is 4.07. The van der Waals surface area contributed by atoms with E-state index in [-0.39, 0.29) is 12.6 Å². The molecular weight excluding hydrogens is 320 g/mol. The monoisotopic (exact) mass is 330 g/mol. The van der Waals surface area contributed by atoms with Crippen molar-refractivity contribution in [1.82, 2.24) is 0 Å². The molecule has 0 amide bonds. The summed E-state index contributed by atoms with van der Waals surface area (Å²) < 4.78 is 11.4. The van der Waals surface area contributed by atoms with Gasteiger partial charge in [-0.1, -0.05) is 40.2 Å². The molecule has 0 bridgehead atoms. The molecule has 0 fully saturated rings. The number of ether oxygens (including phenoxy) is 2. The number of benzene rings is 2. The molecule has 0 unspecified atom stereocenters. The van der Waals surface area contributed by atoms with Crippen LogP contribution in [0.1, 0.15) is 15.9 Å². The zero-order valence-electron chi connectivity index (χ0n) is 10.5. The highest BCUT2D eigenvalue weighted by Gasteiger charge is 2.12. The van der Waals surface area contributed by atoms with Crippen molar-refractivity contribution >= 4 is 27.8 Å². The fourth-order valence-electron chi connectivity index (χ4n) is 1.93. The van der Waals surface area contributed by atoms with Gasteiger partial charge in [0.25, 0.3) is 0 Å². The van der Waals surface area contributed by atoms with Crippen LogP contribution in [0.2, 0.25) is 0 Å². The van der Waals surface area contributed by atoms with Crippen LogP contribution in [0.3, 0.4) is 0 Å². The Kier molecular flexibility index (Phi) is 3.56. The van der Waals surface area contributed by atoms with Crippen LogP contribution in [-0.4, -0.2) is 12.6 Å². The van der Waals surface area contributed by atoms with E-state index in [9.17, 15) is 4.79 Å². The summed E-state index contributed by atoms with van der Waals surface area (Å²) in [5.74, 6) is 1.41. The van der Waals surface area contributed by atoms with Crippen LogP contribution in [0.5, 0.6) is 11.5 Å². The van der Waals surface area contributed by atoms with Crippen molar-refractivity contribution in [2.75, 3.05) is 6.79 Å². The highest BCUT2D eigenvalue weighted by molar-refractivity contribution is 9.10. The molecule has 4 heteroatoms. The molecule has 0 atom stereocenters. The van der Waals surface area contributed by atoms with E-state index in [0.717, 1.165) is 15.8 Å². The minimum absolute atomic E-state index is 0.0380. The third-order valence-electron chi connectivity index (χ3n) is 2.93. The van der Waals surface area contributed by atoms with Crippen LogP contribution < -0.4 is 9.47 Å². The van der Waals surface area contributed by atoms with Crippen molar-refractivity contribution < 1.29 is 14.3 Å². The van der Waals surface area contributed by atoms with E-state index >= 15 is 0 Å². The Morgan fingerprint density at radius 1 is 1.10 bits per heavy atom. The fraction of sp³-hybridized carbons (Fsp3) is 0.0625. The maximum Gasteiger partial charge on any atom is 0.231 e. The number of fused-ring (bicyclic) bond motifs is 1. The third kappa shape index (κ3) is 2.75. The lowest BCUT2D eigenvalue weighted by Gasteiger charge is -1.98. The largest absolute Gasteiger partial charge is 0.454 e.